The molecule has 1 aliphatic rings. The van der Waals surface area contributed by atoms with Gasteiger partial charge in [0.05, 0.1) is 12.1 Å². The highest BCUT2D eigenvalue weighted by atomic mass is 35.5. The molecule has 120 valence electrons. The molecule has 0 saturated carbocycles. The van der Waals surface area contributed by atoms with Crippen molar-refractivity contribution in [3.63, 3.8) is 0 Å². The standard InChI is InChI=1S/C16H16ClN3O3/c1-10-3-2-4-14(19-10)23-12-5-6-20(9-12)16(22)11-7-13(17)15(21)18-8-11/h2-4,7-8,12H,5-6,9H2,1H3,(H,18,21)/t12-/m0/s1. The Kier molecular flexibility index (Phi) is 4.34. The van der Waals surface area contributed by atoms with Crippen LogP contribution in [-0.2, 0) is 0 Å². The molecule has 3 heterocycles. The molecule has 0 spiro atoms. The van der Waals surface area contributed by atoms with Crippen LogP contribution in [0.25, 0.3) is 0 Å². The number of nitrogens with zero attached hydrogens (tertiary/aromatic N) is 2. The molecule has 1 atom stereocenters. The first-order chi connectivity index (χ1) is 11.0. The summed E-state index contributed by atoms with van der Waals surface area (Å²) in [6.07, 6.45) is 2.03. The van der Waals surface area contributed by atoms with E-state index in [1.54, 1.807) is 11.0 Å². The molecular weight excluding hydrogens is 318 g/mol. The summed E-state index contributed by atoms with van der Waals surface area (Å²) >= 11 is 5.77. The van der Waals surface area contributed by atoms with Crippen LogP contribution in [0.2, 0.25) is 5.02 Å². The van der Waals surface area contributed by atoms with E-state index in [9.17, 15) is 9.59 Å². The number of hydrogen-bond acceptors (Lipinski definition) is 4. The molecule has 1 fully saturated rings. The minimum atomic E-state index is -0.406. The third-order valence-electron chi connectivity index (χ3n) is 3.69. The van der Waals surface area contributed by atoms with Crippen LogP contribution in [-0.4, -0.2) is 40.0 Å². The van der Waals surface area contributed by atoms with Crippen molar-refractivity contribution in [1.29, 1.82) is 0 Å². The Hall–Kier alpha value is -2.34. The van der Waals surface area contributed by atoms with Crippen LogP contribution in [0.5, 0.6) is 5.88 Å². The lowest BCUT2D eigenvalue weighted by Crippen LogP contribution is -2.31. The number of rotatable bonds is 3. The zero-order valence-electron chi connectivity index (χ0n) is 12.6. The van der Waals surface area contributed by atoms with Gasteiger partial charge < -0.3 is 14.6 Å². The zero-order chi connectivity index (χ0) is 16.4. The number of halogens is 1. The van der Waals surface area contributed by atoms with Gasteiger partial charge in [0.15, 0.2) is 0 Å². The lowest BCUT2D eigenvalue weighted by Gasteiger charge is -2.17. The molecule has 6 nitrogen and oxygen atoms in total. The molecule has 0 radical (unpaired) electrons. The number of carbonyl (C=O) groups excluding carboxylic acids is 1. The summed E-state index contributed by atoms with van der Waals surface area (Å²) in [6.45, 7) is 2.97. The maximum absolute atomic E-state index is 12.4. The molecule has 0 unspecified atom stereocenters. The molecule has 1 aliphatic heterocycles. The summed E-state index contributed by atoms with van der Waals surface area (Å²) in [6, 6.07) is 6.98. The van der Waals surface area contributed by atoms with E-state index >= 15 is 0 Å². The summed E-state index contributed by atoms with van der Waals surface area (Å²) in [5.74, 6) is 0.392. The summed E-state index contributed by atoms with van der Waals surface area (Å²) in [5.41, 5.74) is 0.844. The molecule has 2 aromatic heterocycles. The minimum absolute atomic E-state index is 0.00630. The van der Waals surface area contributed by atoms with Crippen molar-refractivity contribution in [3.8, 4) is 5.88 Å². The first-order valence-corrected chi connectivity index (χ1v) is 7.68. The number of pyridine rings is 2. The van der Waals surface area contributed by atoms with Crippen molar-refractivity contribution >= 4 is 17.5 Å². The van der Waals surface area contributed by atoms with Gasteiger partial charge in [0.2, 0.25) is 5.88 Å². The zero-order valence-corrected chi connectivity index (χ0v) is 13.3. The van der Waals surface area contributed by atoms with Gasteiger partial charge in [-0.1, -0.05) is 17.7 Å². The van der Waals surface area contributed by atoms with Crippen molar-refractivity contribution < 1.29 is 9.53 Å². The molecule has 1 N–H and O–H groups in total. The minimum Gasteiger partial charge on any atom is -0.472 e. The fraction of sp³-hybridized carbons (Fsp3) is 0.312. The Balaban J connectivity index is 1.66. The number of H-pyrrole nitrogens is 1. The van der Waals surface area contributed by atoms with Gasteiger partial charge in [0.25, 0.3) is 11.5 Å². The average Bonchev–Trinajstić information content (AvgIpc) is 2.98. The van der Waals surface area contributed by atoms with Gasteiger partial charge in [-0.15, -0.1) is 0 Å². The monoisotopic (exact) mass is 333 g/mol. The Morgan fingerprint density at radius 2 is 2.30 bits per heavy atom. The number of nitrogens with one attached hydrogen (secondary N) is 1. The van der Waals surface area contributed by atoms with E-state index in [4.69, 9.17) is 16.3 Å². The van der Waals surface area contributed by atoms with Gasteiger partial charge in [0.1, 0.15) is 11.1 Å². The Morgan fingerprint density at radius 3 is 3.04 bits per heavy atom. The molecule has 0 aromatic carbocycles. The maximum atomic E-state index is 12.4. The van der Waals surface area contributed by atoms with Crippen molar-refractivity contribution in [2.24, 2.45) is 0 Å². The van der Waals surface area contributed by atoms with E-state index < -0.39 is 5.56 Å². The van der Waals surface area contributed by atoms with Crippen LogP contribution in [0.1, 0.15) is 22.5 Å². The van der Waals surface area contributed by atoms with E-state index in [0.29, 0.717) is 24.5 Å². The predicted octanol–water partition coefficient (Wildman–Crippen LogP) is 2.03. The molecule has 3 rings (SSSR count). The Bertz CT molecular complexity index is 790. The summed E-state index contributed by atoms with van der Waals surface area (Å²) < 4.78 is 5.83. The number of hydrogen-bond donors (Lipinski definition) is 1. The van der Waals surface area contributed by atoms with Gasteiger partial charge in [0, 0.05) is 30.9 Å². The third-order valence-corrected chi connectivity index (χ3v) is 3.97. The van der Waals surface area contributed by atoms with E-state index in [0.717, 1.165) is 12.1 Å². The molecule has 1 amide bonds. The fourth-order valence-electron chi connectivity index (χ4n) is 2.53. The third kappa shape index (κ3) is 3.53. The highest BCUT2D eigenvalue weighted by Gasteiger charge is 2.28. The quantitative estimate of drug-likeness (QED) is 0.932. The number of carbonyl (C=O) groups is 1. The number of aromatic amines is 1. The van der Waals surface area contributed by atoms with Crippen molar-refractivity contribution in [1.82, 2.24) is 14.9 Å². The number of amides is 1. The number of aromatic nitrogens is 2. The maximum Gasteiger partial charge on any atom is 0.266 e. The van der Waals surface area contributed by atoms with Crippen LogP contribution in [0, 0.1) is 6.92 Å². The second-order valence-corrected chi connectivity index (χ2v) is 5.87. The Labute approximate surface area is 138 Å². The molecule has 0 aliphatic carbocycles. The second-order valence-electron chi connectivity index (χ2n) is 5.46. The van der Waals surface area contributed by atoms with Gasteiger partial charge in [-0.25, -0.2) is 4.98 Å². The van der Waals surface area contributed by atoms with Gasteiger partial charge in [-0.3, -0.25) is 9.59 Å². The SMILES string of the molecule is Cc1cccc(O[C@H]2CCN(C(=O)c3c[nH]c(=O)c(Cl)c3)C2)n1. The van der Waals surface area contributed by atoms with E-state index in [-0.39, 0.29) is 17.0 Å². The molecule has 7 heteroatoms. The van der Waals surface area contributed by atoms with E-state index in [1.807, 2.05) is 19.1 Å². The highest BCUT2D eigenvalue weighted by Crippen LogP contribution is 2.19. The van der Waals surface area contributed by atoms with E-state index in [1.165, 1.54) is 12.3 Å². The van der Waals surface area contributed by atoms with Crippen LogP contribution in [0.3, 0.4) is 0 Å². The average molecular weight is 334 g/mol. The Morgan fingerprint density at radius 1 is 1.48 bits per heavy atom. The van der Waals surface area contributed by atoms with Crippen molar-refractivity contribution in [2.45, 2.75) is 19.4 Å². The molecule has 23 heavy (non-hydrogen) atoms. The lowest BCUT2D eigenvalue weighted by atomic mass is 10.2. The summed E-state index contributed by atoms with van der Waals surface area (Å²) in [7, 11) is 0. The molecule has 0 bridgehead atoms. The fourth-order valence-corrected chi connectivity index (χ4v) is 2.70. The largest absolute Gasteiger partial charge is 0.472 e. The van der Waals surface area contributed by atoms with Crippen molar-refractivity contribution in [2.75, 3.05) is 13.1 Å². The number of likely N-dealkylation sites (tertiary alicyclic amines) is 1. The van der Waals surface area contributed by atoms with Gasteiger partial charge in [-0.2, -0.15) is 0 Å². The second kappa shape index (κ2) is 6.42. The topological polar surface area (TPSA) is 75.3 Å². The first kappa shape index (κ1) is 15.6. The van der Waals surface area contributed by atoms with Crippen LogP contribution in [0.4, 0.5) is 0 Å². The summed E-state index contributed by atoms with van der Waals surface area (Å²) in [4.78, 5) is 32.1. The van der Waals surface area contributed by atoms with Gasteiger partial charge >= 0.3 is 0 Å². The van der Waals surface area contributed by atoms with Crippen LogP contribution < -0.4 is 10.3 Å². The first-order valence-electron chi connectivity index (χ1n) is 7.31. The van der Waals surface area contributed by atoms with Gasteiger partial charge in [-0.05, 0) is 19.1 Å². The lowest BCUT2D eigenvalue weighted by molar-refractivity contribution is 0.0770. The van der Waals surface area contributed by atoms with Crippen molar-refractivity contribution in [3.05, 3.63) is 57.1 Å². The number of aryl methyl sites for hydroxylation is 1. The summed E-state index contributed by atoms with van der Waals surface area (Å²) in [5, 5.41) is 0.00630. The predicted molar refractivity (Wildman–Crippen MR) is 86.0 cm³/mol. The molecule has 2 aromatic rings. The van der Waals surface area contributed by atoms with Crippen LogP contribution >= 0.6 is 11.6 Å². The smallest absolute Gasteiger partial charge is 0.266 e. The van der Waals surface area contributed by atoms with Crippen LogP contribution in [0.15, 0.2) is 35.3 Å². The molecular formula is C16H16ClN3O3. The highest BCUT2D eigenvalue weighted by molar-refractivity contribution is 6.30. The normalized spacial score (nSPS) is 17.3. The molecule has 1 saturated heterocycles. The number of ether oxygens (including phenoxy) is 1. The van der Waals surface area contributed by atoms with E-state index in [2.05, 4.69) is 9.97 Å².